The molecule has 1 aromatic carbocycles. The lowest BCUT2D eigenvalue weighted by molar-refractivity contribution is -0.384. The van der Waals surface area contributed by atoms with Gasteiger partial charge in [0.2, 0.25) is 15.9 Å². The zero-order valence-corrected chi connectivity index (χ0v) is 16.2. The molecule has 2 fully saturated rings. The Kier molecular flexibility index (Phi) is 4.79. The predicted octanol–water partition coefficient (Wildman–Crippen LogP) is 2.15. The van der Waals surface area contributed by atoms with Crippen molar-refractivity contribution in [3.63, 3.8) is 0 Å². The highest BCUT2D eigenvalue weighted by Crippen LogP contribution is 2.40. The van der Waals surface area contributed by atoms with Crippen molar-refractivity contribution < 1.29 is 17.9 Å². The number of rotatable bonds is 6. The molecule has 0 atom stereocenters. The monoisotopic (exact) mass is 407 g/mol. The molecule has 0 amide bonds. The van der Waals surface area contributed by atoms with Crippen LogP contribution in [0.5, 0.6) is 0 Å². The van der Waals surface area contributed by atoms with Crippen molar-refractivity contribution in [3.05, 3.63) is 40.0 Å². The summed E-state index contributed by atoms with van der Waals surface area (Å²) in [6.07, 6.45) is 3.70. The molecular formula is C17H21N5O5S. The Labute approximate surface area is 162 Å². The largest absolute Gasteiger partial charge is 0.366 e. The first kappa shape index (κ1) is 18.8. The van der Waals surface area contributed by atoms with Crippen molar-refractivity contribution in [1.29, 1.82) is 0 Å². The van der Waals surface area contributed by atoms with Gasteiger partial charge in [0.25, 0.3) is 5.69 Å². The summed E-state index contributed by atoms with van der Waals surface area (Å²) >= 11 is 0. The van der Waals surface area contributed by atoms with E-state index < -0.39 is 14.9 Å². The van der Waals surface area contributed by atoms with E-state index >= 15 is 0 Å². The highest BCUT2D eigenvalue weighted by Gasteiger charge is 2.33. The molecule has 1 saturated heterocycles. The van der Waals surface area contributed by atoms with Crippen LogP contribution in [0.2, 0.25) is 0 Å². The topological polar surface area (TPSA) is 131 Å². The zero-order chi connectivity index (χ0) is 19.9. The maximum absolute atomic E-state index is 11.9. The SMILES string of the molecule is CNS(=O)(=O)c1ccc(N2CCC(c3noc(C4CC4)n3)CC2)c([N+](=O)[O-])c1. The number of nitrogens with zero attached hydrogens (tertiary/aromatic N) is 4. The number of aromatic nitrogens is 2. The van der Waals surface area contributed by atoms with Gasteiger partial charge in [-0.2, -0.15) is 4.98 Å². The second kappa shape index (κ2) is 7.13. The number of piperidine rings is 1. The van der Waals surface area contributed by atoms with E-state index in [1.54, 1.807) is 0 Å². The number of hydrogen-bond acceptors (Lipinski definition) is 8. The minimum atomic E-state index is -3.75. The summed E-state index contributed by atoms with van der Waals surface area (Å²) < 4.78 is 31.4. The molecule has 11 heteroatoms. The number of nitrogens with one attached hydrogen (secondary N) is 1. The van der Waals surface area contributed by atoms with Gasteiger partial charge in [0, 0.05) is 31.0 Å². The maximum Gasteiger partial charge on any atom is 0.293 e. The first-order valence-electron chi connectivity index (χ1n) is 9.19. The molecule has 2 aromatic rings. The number of nitro groups is 1. The third kappa shape index (κ3) is 3.59. The minimum Gasteiger partial charge on any atom is -0.366 e. The molecule has 10 nitrogen and oxygen atoms in total. The van der Waals surface area contributed by atoms with Crippen molar-refractivity contribution in [3.8, 4) is 0 Å². The van der Waals surface area contributed by atoms with Crippen molar-refractivity contribution in [2.45, 2.75) is 42.4 Å². The lowest BCUT2D eigenvalue weighted by Gasteiger charge is -2.32. The number of benzene rings is 1. The molecule has 28 heavy (non-hydrogen) atoms. The van der Waals surface area contributed by atoms with Crippen LogP contribution in [0.3, 0.4) is 0 Å². The molecule has 1 N–H and O–H groups in total. The summed E-state index contributed by atoms with van der Waals surface area (Å²) in [4.78, 5) is 17.3. The van der Waals surface area contributed by atoms with Gasteiger partial charge in [-0.05, 0) is 44.9 Å². The molecular weight excluding hydrogens is 386 g/mol. The second-order valence-corrected chi connectivity index (χ2v) is 9.03. The van der Waals surface area contributed by atoms with Gasteiger partial charge < -0.3 is 9.42 Å². The number of nitro benzene ring substituents is 1. The summed E-state index contributed by atoms with van der Waals surface area (Å²) in [7, 11) is -2.48. The van der Waals surface area contributed by atoms with Gasteiger partial charge in [-0.15, -0.1) is 0 Å². The average molecular weight is 407 g/mol. The van der Waals surface area contributed by atoms with E-state index in [-0.39, 0.29) is 16.5 Å². The molecule has 0 unspecified atom stereocenters. The molecule has 2 aliphatic rings. The third-order valence-corrected chi connectivity index (χ3v) is 6.72. The van der Waals surface area contributed by atoms with E-state index in [0.717, 1.165) is 37.6 Å². The van der Waals surface area contributed by atoms with Crippen molar-refractivity contribution in [1.82, 2.24) is 14.9 Å². The Balaban J connectivity index is 1.51. The predicted molar refractivity (Wildman–Crippen MR) is 99.8 cm³/mol. The van der Waals surface area contributed by atoms with Crippen LogP contribution in [0.25, 0.3) is 0 Å². The van der Waals surface area contributed by atoms with Gasteiger partial charge in [0.15, 0.2) is 5.82 Å². The van der Waals surface area contributed by atoms with Crippen LogP contribution in [0.1, 0.15) is 49.2 Å². The second-order valence-electron chi connectivity index (χ2n) is 7.14. The van der Waals surface area contributed by atoms with Gasteiger partial charge in [-0.25, -0.2) is 13.1 Å². The van der Waals surface area contributed by atoms with E-state index in [1.807, 2.05) is 4.90 Å². The lowest BCUT2D eigenvalue weighted by atomic mass is 9.95. The van der Waals surface area contributed by atoms with Crippen molar-refractivity contribution in [2.75, 3.05) is 25.0 Å². The van der Waals surface area contributed by atoms with Crippen LogP contribution in [0, 0.1) is 10.1 Å². The zero-order valence-electron chi connectivity index (χ0n) is 15.4. The van der Waals surface area contributed by atoms with Gasteiger partial charge >= 0.3 is 0 Å². The average Bonchev–Trinajstić information content (AvgIpc) is 3.44. The molecule has 4 rings (SSSR count). The van der Waals surface area contributed by atoms with Gasteiger partial charge in [0.05, 0.1) is 9.82 Å². The number of anilines is 1. The smallest absolute Gasteiger partial charge is 0.293 e. The first-order chi connectivity index (χ1) is 13.4. The van der Waals surface area contributed by atoms with E-state index in [0.29, 0.717) is 30.5 Å². The fourth-order valence-corrected chi connectivity index (χ4v) is 4.24. The van der Waals surface area contributed by atoms with Crippen LogP contribution in [-0.4, -0.2) is 43.6 Å². The third-order valence-electron chi connectivity index (χ3n) is 5.31. The molecule has 1 saturated carbocycles. The van der Waals surface area contributed by atoms with E-state index in [9.17, 15) is 18.5 Å². The summed E-state index contributed by atoms with van der Waals surface area (Å²) in [6, 6.07) is 4.00. The minimum absolute atomic E-state index is 0.125. The summed E-state index contributed by atoms with van der Waals surface area (Å²) in [5.41, 5.74) is 0.204. The Morgan fingerprint density at radius 2 is 1.93 bits per heavy atom. The number of hydrogen-bond donors (Lipinski definition) is 1. The molecule has 1 aromatic heterocycles. The van der Waals surface area contributed by atoms with Crippen LogP contribution >= 0.6 is 0 Å². The molecule has 0 spiro atoms. The maximum atomic E-state index is 11.9. The van der Waals surface area contributed by atoms with Crippen LogP contribution in [0.15, 0.2) is 27.6 Å². The van der Waals surface area contributed by atoms with Gasteiger partial charge in [0.1, 0.15) is 5.69 Å². The van der Waals surface area contributed by atoms with Gasteiger partial charge in [-0.3, -0.25) is 10.1 Å². The Bertz CT molecular complexity index is 993. The Hall–Kier alpha value is -2.53. The van der Waals surface area contributed by atoms with E-state index in [1.165, 1.54) is 19.2 Å². The molecule has 1 aliphatic carbocycles. The van der Waals surface area contributed by atoms with Crippen LogP contribution < -0.4 is 9.62 Å². The van der Waals surface area contributed by atoms with Crippen LogP contribution in [0.4, 0.5) is 11.4 Å². The quantitative estimate of drug-likeness (QED) is 0.569. The van der Waals surface area contributed by atoms with Crippen molar-refractivity contribution >= 4 is 21.4 Å². The summed E-state index contributed by atoms with van der Waals surface area (Å²) in [6.45, 7) is 1.19. The molecule has 150 valence electrons. The highest BCUT2D eigenvalue weighted by molar-refractivity contribution is 7.89. The highest BCUT2D eigenvalue weighted by atomic mass is 32.2. The standard InChI is InChI=1S/C17H21N5O5S/c1-18-28(25,26)13-4-5-14(15(10-13)22(23)24)21-8-6-11(7-9-21)16-19-17(27-20-16)12-2-3-12/h4-5,10-12,18H,2-3,6-9H2,1H3. The number of sulfonamides is 1. The molecule has 1 aliphatic heterocycles. The summed E-state index contributed by atoms with van der Waals surface area (Å²) in [5.74, 6) is 2.01. The van der Waals surface area contributed by atoms with Crippen molar-refractivity contribution in [2.24, 2.45) is 0 Å². The fourth-order valence-electron chi connectivity index (χ4n) is 3.49. The fraction of sp³-hybridized carbons (Fsp3) is 0.529. The van der Waals surface area contributed by atoms with E-state index in [4.69, 9.17) is 4.52 Å². The Morgan fingerprint density at radius 1 is 1.21 bits per heavy atom. The molecule has 2 heterocycles. The van der Waals surface area contributed by atoms with E-state index in [2.05, 4.69) is 14.9 Å². The van der Waals surface area contributed by atoms with Gasteiger partial charge in [-0.1, -0.05) is 5.16 Å². The van der Waals surface area contributed by atoms with Crippen LogP contribution in [-0.2, 0) is 10.0 Å². The molecule has 0 radical (unpaired) electrons. The molecule has 0 bridgehead atoms. The first-order valence-corrected chi connectivity index (χ1v) is 10.7. The lowest BCUT2D eigenvalue weighted by Crippen LogP contribution is -2.33. The summed E-state index contributed by atoms with van der Waals surface area (Å²) in [5, 5.41) is 15.6. The Morgan fingerprint density at radius 3 is 2.54 bits per heavy atom. The normalized spacial score (nSPS) is 18.4.